The summed E-state index contributed by atoms with van der Waals surface area (Å²) in [5, 5.41) is 17.7. The largest absolute Gasteiger partial charge is 0.394 e. The molecule has 0 aliphatic carbocycles. The number of rotatable bonds is 4. The van der Waals surface area contributed by atoms with Gasteiger partial charge in [-0.1, -0.05) is 11.8 Å². The van der Waals surface area contributed by atoms with Crippen LogP contribution in [-0.4, -0.2) is 53.2 Å². The quantitative estimate of drug-likeness (QED) is 0.459. The van der Waals surface area contributed by atoms with Crippen molar-refractivity contribution in [3.05, 3.63) is 23.9 Å². The Morgan fingerprint density at radius 2 is 2.28 bits per heavy atom. The first-order chi connectivity index (χ1) is 8.61. The van der Waals surface area contributed by atoms with Gasteiger partial charge in [-0.3, -0.25) is 0 Å². The Hall–Kier alpha value is -1.90. The van der Waals surface area contributed by atoms with Gasteiger partial charge in [0.1, 0.15) is 0 Å². The number of nitrogens with zero attached hydrogens (tertiary/aromatic N) is 3. The van der Waals surface area contributed by atoms with E-state index in [1.54, 1.807) is 18.6 Å². The van der Waals surface area contributed by atoms with Gasteiger partial charge in [0.05, 0.1) is 19.0 Å². The lowest BCUT2D eigenvalue weighted by Crippen LogP contribution is -2.09. The van der Waals surface area contributed by atoms with Crippen LogP contribution in [0.5, 0.6) is 0 Å². The molecule has 96 valence electrons. The molecule has 5 heteroatoms. The summed E-state index contributed by atoms with van der Waals surface area (Å²) in [7, 11) is 3.77. The van der Waals surface area contributed by atoms with Gasteiger partial charge in [0.15, 0.2) is 5.82 Å². The molecule has 1 aromatic heterocycles. The molecule has 0 fully saturated rings. The predicted octanol–water partition coefficient (Wildman–Crippen LogP) is 0.398. The average Bonchev–Trinajstić information content (AvgIpc) is 2.37. The third-order valence-corrected chi connectivity index (χ3v) is 1.95. The van der Waals surface area contributed by atoms with Crippen molar-refractivity contribution in [3.63, 3.8) is 0 Å². The van der Waals surface area contributed by atoms with Crippen LogP contribution < -0.4 is 0 Å². The molecule has 0 aromatic carbocycles. The van der Waals surface area contributed by atoms with E-state index in [-0.39, 0.29) is 13.0 Å². The van der Waals surface area contributed by atoms with Crippen molar-refractivity contribution >= 4 is 12.2 Å². The third-order valence-electron chi connectivity index (χ3n) is 1.95. The fourth-order valence-electron chi connectivity index (χ4n) is 1.05. The first kappa shape index (κ1) is 14.2. The molecule has 1 atom stereocenters. The monoisotopic (exact) mass is 247 g/mol. The van der Waals surface area contributed by atoms with Gasteiger partial charge in [-0.2, -0.15) is 0 Å². The van der Waals surface area contributed by atoms with Crippen LogP contribution in [0.4, 0.5) is 5.82 Å². The Kier molecular flexibility index (Phi) is 5.85. The molecule has 1 rings (SSSR count). The maximum Gasteiger partial charge on any atom is 0.153 e. The van der Waals surface area contributed by atoms with Crippen LogP contribution in [-0.2, 0) is 0 Å². The lowest BCUT2D eigenvalue weighted by molar-refractivity contribution is 0.0992. The zero-order valence-corrected chi connectivity index (χ0v) is 10.5. The van der Waals surface area contributed by atoms with Crippen LogP contribution in [0.25, 0.3) is 0 Å². The highest BCUT2D eigenvalue weighted by Gasteiger charge is 1.96. The normalized spacial score (nSPS) is 12.0. The number of aliphatic hydroxyl groups is 2. The number of aliphatic hydroxyl groups excluding tert-OH is 2. The van der Waals surface area contributed by atoms with Gasteiger partial charge in [-0.15, -0.1) is 0 Å². The zero-order chi connectivity index (χ0) is 13.4. The molecule has 0 amide bonds. The molecule has 1 unspecified atom stereocenters. The van der Waals surface area contributed by atoms with Gasteiger partial charge >= 0.3 is 0 Å². The molecule has 2 N–H and O–H groups in total. The van der Waals surface area contributed by atoms with Crippen LogP contribution >= 0.6 is 0 Å². The van der Waals surface area contributed by atoms with Crippen LogP contribution in [0.2, 0.25) is 0 Å². The van der Waals surface area contributed by atoms with E-state index in [9.17, 15) is 0 Å². The molecular formula is C13H17N3O2. The maximum absolute atomic E-state index is 9.11. The second kappa shape index (κ2) is 7.43. The van der Waals surface area contributed by atoms with E-state index in [0.29, 0.717) is 5.82 Å². The molecule has 0 aliphatic heterocycles. The van der Waals surface area contributed by atoms with E-state index in [4.69, 9.17) is 10.2 Å². The number of pyridine rings is 1. The maximum atomic E-state index is 9.11. The Morgan fingerprint density at radius 1 is 1.50 bits per heavy atom. The summed E-state index contributed by atoms with van der Waals surface area (Å²) in [5.74, 6) is 6.25. The number of hydrogen-bond acceptors (Lipinski definition) is 4. The van der Waals surface area contributed by atoms with E-state index in [0.717, 1.165) is 5.56 Å². The van der Waals surface area contributed by atoms with Crippen molar-refractivity contribution in [2.24, 2.45) is 4.99 Å². The van der Waals surface area contributed by atoms with E-state index >= 15 is 0 Å². The SMILES string of the molecule is CN(C)C=Nc1ccc(C#CCC(O)CO)cn1. The lowest BCUT2D eigenvalue weighted by Gasteiger charge is -2.01. The predicted molar refractivity (Wildman–Crippen MR) is 70.7 cm³/mol. The summed E-state index contributed by atoms with van der Waals surface area (Å²) in [5.41, 5.74) is 0.754. The minimum Gasteiger partial charge on any atom is -0.394 e. The fourth-order valence-corrected chi connectivity index (χ4v) is 1.05. The lowest BCUT2D eigenvalue weighted by atomic mass is 10.2. The molecule has 1 aromatic rings. The van der Waals surface area contributed by atoms with Crippen molar-refractivity contribution in [1.82, 2.24) is 9.88 Å². The van der Waals surface area contributed by atoms with E-state index < -0.39 is 6.10 Å². The highest BCUT2D eigenvalue weighted by molar-refractivity contribution is 5.59. The highest BCUT2D eigenvalue weighted by atomic mass is 16.3. The molecule has 0 saturated carbocycles. The highest BCUT2D eigenvalue weighted by Crippen LogP contribution is 2.07. The Labute approximate surface area is 107 Å². The molecule has 5 nitrogen and oxygen atoms in total. The third kappa shape index (κ3) is 5.43. The minimum atomic E-state index is -0.783. The Morgan fingerprint density at radius 3 is 2.83 bits per heavy atom. The van der Waals surface area contributed by atoms with Gasteiger partial charge in [-0.25, -0.2) is 9.98 Å². The molecule has 0 bridgehead atoms. The number of aromatic nitrogens is 1. The van der Waals surface area contributed by atoms with E-state index in [1.165, 1.54) is 0 Å². The summed E-state index contributed by atoms with van der Waals surface area (Å²) in [4.78, 5) is 10.1. The topological polar surface area (TPSA) is 69.0 Å². The van der Waals surface area contributed by atoms with Crippen LogP contribution in [0.15, 0.2) is 23.3 Å². The molecule has 18 heavy (non-hydrogen) atoms. The van der Waals surface area contributed by atoms with Crippen molar-refractivity contribution in [3.8, 4) is 11.8 Å². The second-order valence-electron chi connectivity index (χ2n) is 3.96. The molecule has 1 heterocycles. The molecule has 0 radical (unpaired) electrons. The zero-order valence-electron chi connectivity index (χ0n) is 10.5. The van der Waals surface area contributed by atoms with Crippen LogP contribution in [0, 0.1) is 11.8 Å². The van der Waals surface area contributed by atoms with Crippen molar-refractivity contribution in [2.75, 3.05) is 20.7 Å². The molecule has 0 aliphatic rings. The standard InChI is InChI=1S/C13H17N3O2/c1-16(2)10-15-13-7-6-11(8-14-13)4-3-5-12(18)9-17/h6-8,10,12,17-18H,5,9H2,1-2H3. The first-order valence-electron chi connectivity index (χ1n) is 5.56. The number of hydrogen-bond donors (Lipinski definition) is 2. The van der Waals surface area contributed by atoms with Crippen LogP contribution in [0.1, 0.15) is 12.0 Å². The summed E-state index contributed by atoms with van der Waals surface area (Å²) in [6.07, 6.45) is 2.76. The van der Waals surface area contributed by atoms with Gasteiger partial charge in [0, 0.05) is 32.3 Å². The molecule has 0 saturated heterocycles. The molecule has 0 spiro atoms. The van der Waals surface area contributed by atoms with E-state index in [1.807, 2.05) is 25.1 Å². The fraction of sp³-hybridized carbons (Fsp3) is 0.385. The first-order valence-corrected chi connectivity index (χ1v) is 5.56. The van der Waals surface area contributed by atoms with Crippen molar-refractivity contribution in [1.29, 1.82) is 0 Å². The number of aliphatic imine (C=N–C) groups is 1. The molecular weight excluding hydrogens is 230 g/mol. The smallest absolute Gasteiger partial charge is 0.153 e. The summed E-state index contributed by atoms with van der Waals surface area (Å²) >= 11 is 0. The second-order valence-corrected chi connectivity index (χ2v) is 3.96. The minimum absolute atomic E-state index is 0.247. The Bertz CT molecular complexity index is 444. The van der Waals surface area contributed by atoms with Gasteiger partial charge < -0.3 is 15.1 Å². The van der Waals surface area contributed by atoms with Crippen molar-refractivity contribution < 1.29 is 10.2 Å². The van der Waals surface area contributed by atoms with Crippen molar-refractivity contribution in [2.45, 2.75) is 12.5 Å². The summed E-state index contributed by atoms with van der Waals surface area (Å²) in [6.45, 7) is -0.273. The summed E-state index contributed by atoms with van der Waals surface area (Å²) < 4.78 is 0. The average molecular weight is 247 g/mol. The summed E-state index contributed by atoms with van der Waals surface area (Å²) in [6, 6.07) is 3.58. The van der Waals surface area contributed by atoms with E-state index in [2.05, 4.69) is 21.8 Å². The van der Waals surface area contributed by atoms with Crippen LogP contribution in [0.3, 0.4) is 0 Å². The van der Waals surface area contributed by atoms with Gasteiger partial charge in [-0.05, 0) is 12.1 Å². The van der Waals surface area contributed by atoms with Gasteiger partial charge in [0.25, 0.3) is 0 Å². The Balaban J connectivity index is 2.60. The van der Waals surface area contributed by atoms with Gasteiger partial charge in [0.2, 0.25) is 0 Å².